The summed E-state index contributed by atoms with van der Waals surface area (Å²) in [5.74, 6) is -3.53. The normalized spacial score (nSPS) is 18.8. The molecule has 1 aromatic heterocycles. The second kappa shape index (κ2) is 7.62. The molecule has 156 valence electrons. The summed E-state index contributed by atoms with van der Waals surface area (Å²) in [6.07, 6.45) is 0.847. The van der Waals surface area contributed by atoms with Gasteiger partial charge in [0.2, 0.25) is 0 Å². The number of amides is 2. The molecule has 9 heteroatoms. The van der Waals surface area contributed by atoms with E-state index < -0.39 is 23.6 Å². The SMILES string of the molecule is Cn1ccc2cc(N3CCC(O)(OC(=O)NCc4cc(F)cc(Cl)c4)C3=O)ccc21. The summed E-state index contributed by atoms with van der Waals surface area (Å²) in [6.45, 7) is 0.120. The molecule has 7 nitrogen and oxygen atoms in total. The van der Waals surface area contributed by atoms with Crippen LogP contribution in [0.2, 0.25) is 5.02 Å². The summed E-state index contributed by atoms with van der Waals surface area (Å²) in [4.78, 5) is 26.3. The Balaban J connectivity index is 1.42. The number of ether oxygens (including phenoxy) is 1. The number of fused-ring (bicyclic) bond motifs is 1. The van der Waals surface area contributed by atoms with E-state index in [2.05, 4.69) is 5.32 Å². The van der Waals surface area contributed by atoms with Crippen LogP contribution in [0.15, 0.2) is 48.7 Å². The highest BCUT2D eigenvalue weighted by atomic mass is 35.5. The van der Waals surface area contributed by atoms with Crippen molar-refractivity contribution in [1.29, 1.82) is 0 Å². The second-order valence-corrected chi connectivity index (χ2v) is 7.62. The number of aryl methyl sites for hydroxylation is 1. The first kappa shape index (κ1) is 20.2. The Morgan fingerprint density at radius 1 is 1.30 bits per heavy atom. The Morgan fingerprint density at radius 2 is 2.10 bits per heavy atom. The molecule has 0 saturated carbocycles. The summed E-state index contributed by atoms with van der Waals surface area (Å²) in [5.41, 5.74) is 2.03. The fourth-order valence-corrected chi connectivity index (χ4v) is 3.78. The van der Waals surface area contributed by atoms with Crippen molar-refractivity contribution in [3.05, 3.63) is 65.1 Å². The lowest BCUT2D eigenvalue weighted by Crippen LogP contribution is -2.46. The molecular weight excluding hydrogens is 413 g/mol. The number of carbonyl (C=O) groups excluding carboxylic acids is 2. The van der Waals surface area contributed by atoms with Crippen LogP contribution in [0, 0.1) is 5.82 Å². The Labute approximate surface area is 176 Å². The summed E-state index contributed by atoms with van der Waals surface area (Å²) in [6, 6.07) is 11.3. The minimum absolute atomic E-state index is 0.0716. The Bertz CT molecular complexity index is 1130. The van der Waals surface area contributed by atoms with Crippen LogP contribution in [0.4, 0.5) is 14.9 Å². The Hall–Kier alpha value is -3.10. The van der Waals surface area contributed by atoms with Crippen LogP contribution in [0.3, 0.4) is 0 Å². The monoisotopic (exact) mass is 431 g/mol. The van der Waals surface area contributed by atoms with Crippen molar-refractivity contribution in [1.82, 2.24) is 9.88 Å². The molecule has 1 saturated heterocycles. The van der Waals surface area contributed by atoms with Crippen LogP contribution >= 0.6 is 11.6 Å². The van der Waals surface area contributed by atoms with E-state index in [-0.39, 0.29) is 24.5 Å². The number of aliphatic hydroxyl groups is 1. The minimum atomic E-state index is -2.27. The third-order valence-corrected chi connectivity index (χ3v) is 5.27. The van der Waals surface area contributed by atoms with Crippen molar-refractivity contribution in [3.8, 4) is 0 Å². The maximum absolute atomic E-state index is 13.4. The Morgan fingerprint density at radius 3 is 2.87 bits per heavy atom. The van der Waals surface area contributed by atoms with Crippen molar-refractivity contribution in [2.45, 2.75) is 18.8 Å². The number of anilines is 1. The van der Waals surface area contributed by atoms with Gasteiger partial charge in [0.1, 0.15) is 5.82 Å². The van der Waals surface area contributed by atoms with E-state index in [1.807, 2.05) is 36.0 Å². The maximum atomic E-state index is 13.4. The number of carbonyl (C=O) groups is 2. The number of halogens is 2. The number of rotatable bonds is 4. The minimum Gasteiger partial charge on any atom is -0.407 e. The molecular formula is C21H19ClFN3O4. The van der Waals surface area contributed by atoms with Gasteiger partial charge in [-0.1, -0.05) is 11.6 Å². The number of benzene rings is 2. The highest BCUT2D eigenvalue weighted by Gasteiger charge is 2.49. The van der Waals surface area contributed by atoms with Gasteiger partial charge in [0.25, 0.3) is 11.7 Å². The molecule has 0 spiro atoms. The van der Waals surface area contributed by atoms with E-state index >= 15 is 0 Å². The van der Waals surface area contributed by atoms with Crippen molar-refractivity contribution >= 4 is 40.2 Å². The van der Waals surface area contributed by atoms with Gasteiger partial charge in [-0.3, -0.25) is 4.79 Å². The molecule has 0 aliphatic carbocycles. The van der Waals surface area contributed by atoms with Gasteiger partial charge in [-0.05, 0) is 48.0 Å². The average Bonchev–Trinajstić information content (AvgIpc) is 3.19. The van der Waals surface area contributed by atoms with Gasteiger partial charge in [-0.25, -0.2) is 9.18 Å². The van der Waals surface area contributed by atoms with E-state index in [0.29, 0.717) is 11.3 Å². The zero-order valence-corrected chi connectivity index (χ0v) is 16.8. The number of nitrogens with one attached hydrogen (secondary N) is 1. The summed E-state index contributed by atoms with van der Waals surface area (Å²) < 4.78 is 20.4. The standard InChI is InChI=1S/C21H19ClFN3O4/c1-25-6-4-14-10-17(2-3-18(14)25)26-7-5-21(29,19(26)27)30-20(28)24-12-13-8-15(22)11-16(23)9-13/h2-4,6,8-11,29H,5,7,12H2,1H3,(H,24,28). The first-order chi connectivity index (χ1) is 14.2. The summed E-state index contributed by atoms with van der Waals surface area (Å²) in [5, 5.41) is 14.1. The lowest BCUT2D eigenvalue weighted by molar-refractivity contribution is -0.175. The molecule has 30 heavy (non-hydrogen) atoms. The highest BCUT2D eigenvalue weighted by molar-refractivity contribution is 6.30. The summed E-state index contributed by atoms with van der Waals surface area (Å²) in [7, 11) is 1.92. The molecule has 1 aliphatic rings. The third kappa shape index (κ3) is 3.83. The third-order valence-electron chi connectivity index (χ3n) is 5.05. The molecule has 1 aliphatic heterocycles. The van der Waals surface area contributed by atoms with E-state index in [1.165, 1.54) is 17.0 Å². The van der Waals surface area contributed by atoms with Gasteiger partial charge in [0.05, 0.1) is 0 Å². The van der Waals surface area contributed by atoms with Gasteiger partial charge in [0.15, 0.2) is 0 Å². The largest absolute Gasteiger partial charge is 0.410 e. The molecule has 4 rings (SSSR count). The van der Waals surface area contributed by atoms with Crippen molar-refractivity contribution in [3.63, 3.8) is 0 Å². The van der Waals surface area contributed by atoms with Crippen LogP contribution in [-0.4, -0.2) is 34.0 Å². The van der Waals surface area contributed by atoms with Crippen LogP contribution in [0.5, 0.6) is 0 Å². The quantitative estimate of drug-likeness (QED) is 0.621. The predicted molar refractivity (Wildman–Crippen MR) is 110 cm³/mol. The number of alkyl carbamates (subject to hydrolysis) is 1. The van der Waals surface area contributed by atoms with Gasteiger partial charge in [-0.15, -0.1) is 0 Å². The lowest BCUT2D eigenvalue weighted by atomic mass is 10.2. The van der Waals surface area contributed by atoms with Crippen LogP contribution in [0.25, 0.3) is 10.9 Å². The van der Waals surface area contributed by atoms with Gasteiger partial charge in [-0.2, -0.15) is 0 Å². The number of nitrogens with zero attached hydrogens (tertiary/aromatic N) is 2. The molecule has 1 fully saturated rings. The van der Waals surface area contributed by atoms with Crippen molar-refractivity contribution < 1.29 is 23.8 Å². The molecule has 2 N–H and O–H groups in total. The van der Waals surface area contributed by atoms with Crippen molar-refractivity contribution in [2.75, 3.05) is 11.4 Å². The first-order valence-electron chi connectivity index (χ1n) is 9.26. The molecule has 3 aromatic rings. The molecule has 1 unspecified atom stereocenters. The topological polar surface area (TPSA) is 83.8 Å². The van der Waals surface area contributed by atoms with Gasteiger partial charge in [0, 0.05) is 54.4 Å². The van der Waals surface area contributed by atoms with Crippen LogP contribution in [-0.2, 0) is 23.1 Å². The second-order valence-electron chi connectivity index (χ2n) is 7.18. The average molecular weight is 432 g/mol. The van der Waals surface area contributed by atoms with E-state index in [0.717, 1.165) is 17.0 Å². The summed E-state index contributed by atoms with van der Waals surface area (Å²) >= 11 is 5.78. The fraction of sp³-hybridized carbons (Fsp3) is 0.238. The maximum Gasteiger partial charge on any atom is 0.410 e. The lowest BCUT2D eigenvalue weighted by Gasteiger charge is -2.22. The molecule has 2 aromatic carbocycles. The molecule has 0 radical (unpaired) electrons. The molecule has 0 bridgehead atoms. The van der Waals surface area contributed by atoms with E-state index in [4.69, 9.17) is 16.3 Å². The fourth-order valence-electron chi connectivity index (χ4n) is 3.54. The predicted octanol–water partition coefficient (Wildman–Crippen LogP) is 3.32. The van der Waals surface area contributed by atoms with Crippen LogP contribution < -0.4 is 10.2 Å². The molecule has 1 atom stereocenters. The number of hydrogen-bond donors (Lipinski definition) is 2. The molecule has 2 heterocycles. The molecule has 2 amide bonds. The highest BCUT2D eigenvalue weighted by Crippen LogP contribution is 2.31. The number of hydrogen-bond acceptors (Lipinski definition) is 4. The zero-order valence-electron chi connectivity index (χ0n) is 16.1. The van der Waals surface area contributed by atoms with E-state index in [9.17, 15) is 19.1 Å². The van der Waals surface area contributed by atoms with Crippen LogP contribution in [0.1, 0.15) is 12.0 Å². The van der Waals surface area contributed by atoms with Gasteiger partial charge < -0.3 is 24.6 Å². The van der Waals surface area contributed by atoms with Gasteiger partial charge >= 0.3 is 6.09 Å². The van der Waals surface area contributed by atoms with Crippen molar-refractivity contribution in [2.24, 2.45) is 7.05 Å². The smallest absolute Gasteiger partial charge is 0.407 e. The first-order valence-corrected chi connectivity index (χ1v) is 9.64. The number of aromatic nitrogens is 1. The van der Waals surface area contributed by atoms with E-state index in [1.54, 1.807) is 6.07 Å². The zero-order chi connectivity index (χ0) is 21.5. The Kier molecular flexibility index (Phi) is 5.13.